The Bertz CT molecular complexity index is 4170. The van der Waals surface area contributed by atoms with Crippen molar-refractivity contribution in [3.63, 3.8) is 0 Å². The van der Waals surface area contributed by atoms with E-state index in [1.54, 1.807) is 0 Å². The van der Waals surface area contributed by atoms with Crippen molar-refractivity contribution in [1.82, 2.24) is 0 Å². The number of fused-ring (bicyclic) bond motifs is 4. The highest BCUT2D eigenvalue weighted by Crippen LogP contribution is 2.51. The zero-order valence-corrected chi connectivity index (χ0v) is 43.5. The zero-order valence-electron chi connectivity index (χ0n) is 43.5. The van der Waals surface area contributed by atoms with E-state index < -0.39 is 0 Å². The number of rotatable bonds is 6. The van der Waals surface area contributed by atoms with Crippen LogP contribution in [0.15, 0.2) is 237 Å². The molecule has 0 spiro atoms. The van der Waals surface area contributed by atoms with Crippen molar-refractivity contribution < 1.29 is 0 Å². The standard InChI is InChI=1S/C72H57BN2/c1-71(2,3)55-31-34-57(35-32-55)74-64-38-29-52(46-17-10-7-11-18-46)41-61(64)73-62-42-53(47-19-12-8-13-20-47)30-39-65(62)75(67-44-54(43-66(74)70(67)73)48-21-14-9-15-22-48)63-40-33-56(72(4,5)6)45-60(63)58-36-27-51-26-25-49-23-16-24-50-28-37-59(58)69(51)68(49)50/h7-45H,1-6H3. The first-order valence-electron chi connectivity index (χ1n) is 26.6. The summed E-state index contributed by atoms with van der Waals surface area (Å²) in [5.41, 5.74) is 23.1. The van der Waals surface area contributed by atoms with Gasteiger partial charge in [0.2, 0.25) is 0 Å². The van der Waals surface area contributed by atoms with Crippen LogP contribution < -0.4 is 26.2 Å². The summed E-state index contributed by atoms with van der Waals surface area (Å²) in [6.07, 6.45) is 0. The summed E-state index contributed by atoms with van der Waals surface area (Å²) >= 11 is 0. The lowest BCUT2D eigenvalue weighted by Gasteiger charge is -2.45. The van der Waals surface area contributed by atoms with Crippen LogP contribution in [0.2, 0.25) is 0 Å². The monoisotopic (exact) mass is 960 g/mol. The Labute approximate surface area is 441 Å². The van der Waals surface area contributed by atoms with Crippen molar-refractivity contribution in [3.05, 3.63) is 248 Å². The lowest BCUT2D eigenvalue weighted by atomic mass is 9.33. The first kappa shape index (κ1) is 45.0. The van der Waals surface area contributed by atoms with Crippen LogP contribution in [0.5, 0.6) is 0 Å². The highest BCUT2D eigenvalue weighted by Gasteiger charge is 2.44. The molecule has 0 aromatic heterocycles. The molecule has 75 heavy (non-hydrogen) atoms. The maximum Gasteiger partial charge on any atom is 0.252 e. The van der Waals surface area contributed by atoms with Crippen molar-refractivity contribution in [2.45, 2.75) is 52.4 Å². The van der Waals surface area contributed by atoms with Gasteiger partial charge in [-0.2, -0.15) is 0 Å². The van der Waals surface area contributed by atoms with E-state index in [4.69, 9.17) is 0 Å². The van der Waals surface area contributed by atoms with Gasteiger partial charge in [0, 0.05) is 34.0 Å². The van der Waals surface area contributed by atoms with Gasteiger partial charge < -0.3 is 9.80 Å². The van der Waals surface area contributed by atoms with Crippen LogP contribution in [-0.2, 0) is 10.8 Å². The molecule has 0 radical (unpaired) electrons. The van der Waals surface area contributed by atoms with Crippen molar-refractivity contribution in [3.8, 4) is 44.5 Å². The molecule has 2 nitrogen and oxygen atoms in total. The van der Waals surface area contributed by atoms with Gasteiger partial charge in [-0.15, -0.1) is 0 Å². The fourth-order valence-corrected chi connectivity index (χ4v) is 12.5. The first-order valence-corrected chi connectivity index (χ1v) is 26.6. The lowest BCUT2D eigenvalue weighted by Crippen LogP contribution is -2.61. The summed E-state index contributed by atoms with van der Waals surface area (Å²) < 4.78 is 0. The summed E-state index contributed by atoms with van der Waals surface area (Å²) in [6.45, 7) is 13.8. The molecule has 0 fully saturated rings. The molecule has 0 saturated carbocycles. The molecule has 0 bridgehead atoms. The Morgan fingerprint density at radius 1 is 0.307 bits per heavy atom. The molecule has 2 heterocycles. The number of hydrogen-bond acceptors (Lipinski definition) is 2. The second kappa shape index (κ2) is 16.9. The van der Waals surface area contributed by atoms with Gasteiger partial charge in [-0.1, -0.05) is 230 Å². The minimum atomic E-state index is -0.0951. The van der Waals surface area contributed by atoms with Crippen LogP contribution in [0.25, 0.3) is 76.8 Å². The SMILES string of the molecule is CC(C)(C)c1ccc(N2c3ccc(-c4ccccc4)cc3B3c4cc(-c5ccccc5)ccc4N(c4ccc(C(C)(C)C)cc4-c4ccc5ccc6cccc7ccc4c5c67)c4cc(-c5ccccc5)cc2c43)cc1. The van der Waals surface area contributed by atoms with E-state index in [1.165, 1.54) is 127 Å². The van der Waals surface area contributed by atoms with Crippen molar-refractivity contribution in [2.24, 2.45) is 0 Å². The second-order valence-electron chi connectivity index (χ2n) is 22.9. The van der Waals surface area contributed by atoms with Gasteiger partial charge in [0.1, 0.15) is 0 Å². The molecule has 12 aromatic carbocycles. The Morgan fingerprint density at radius 3 is 1.36 bits per heavy atom. The van der Waals surface area contributed by atoms with Gasteiger partial charge in [0.25, 0.3) is 6.71 Å². The van der Waals surface area contributed by atoms with Gasteiger partial charge in [-0.3, -0.25) is 0 Å². The minimum absolute atomic E-state index is 0.00995. The molecule has 0 saturated heterocycles. The lowest BCUT2D eigenvalue weighted by molar-refractivity contribution is 0.590. The molecule has 12 aromatic rings. The predicted octanol–water partition coefficient (Wildman–Crippen LogP) is 17.9. The highest BCUT2D eigenvalue weighted by atomic mass is 15.2. The maximum absolute atomic E-state index is 2.64. The Balaban J connectivity index is 1.12. The Hall–Kier alpha value is -8.66. The summed E-state index contributed by atoms with van der Waals surface area (Å²) in [7, 11) is 0. The Morgan fingerprint density at radius 2 is 0.787 bits per heavy atom. The minimum Gasteiger partial charge on any atom is -0.311 e. The molecule has 2 aliphatic rings. The third-order valence-electron chi connectivity index (χ3n) is 16.3. The van der Waals surface area contributed by atoms with Gasteiger partial charge in [0.15, 0.2) is 0 Å². The number of anilines is 6. The van der Waals surface area contributed by atoms with Crippen molar-refractivity contribution in [1.29, 1.82) is 0 Å². The fraction of sp³-hybridized carbons (Fsp3) is 0.111. The summed E-state index contributed by atoms with van der Waals surface area (Å²) in [6, 6.07) is 89.7. The normalized spacial score (nSPS) is 13.1. The van der Waals surface area contributed by atoms with E-state index in [0.29, 0.717) is 0 Å². The van der Waals surface area contributed by atoms with Crippen LogP contribution in [-0.4, -0.2) is 6.71 Å². The third-order valence-corrected chi connectivity index (χ3v) is 16.3. The van der Waals surface area contributed by atoms with E-state index in [0.717, 1.165) is 11.4 Å². The topological polar surface area (TPSA) is 6.48 Å². The van der Waals surface area contributed by atoms with E-state index in [1.807, 2.05) is 0 Å². The van der Waals surface area contributed by atoms with E-state index in [9.17, 15) is 0 Å². The average molecular weight is 961 g/mol. The summed E-state index contributed by atoms with van der Waals surface area (Å²) in [5.74, 6) is 0. The van der Waals surface area contributed by atoms with Crippen LogP contribution in [0, 0.1) is 0 Å². The van der Waals surface area contributed by atoms with Crippen LogP contribution in [0.4, 0.5) is 34.1 Å². The van der Waals surface area contributed by atoms with E-state index in [-0.39, 0.29) is 17.5 Å². The Kier molecular flexibility index (Phi) is 10.2. The van der Waals surface area contributed by atoms with Gasteiger partial charge in [-0.05, 0) is 158 Å². The molecular weight excluding hydrogens is 904 g/mol. The second-order valence-corrected chi connectivity index (χ2v) is 22.9. The first-order chi connectivity index (χ1) is 36.5. The van der Waals surface area contributed by atoms with E-state index >= 15 is 0 Å². The number of hydrogen-bond donors (Lipinski definition) is 0. The van der Waals surface area contributed by atoms with Crippen molar-refractivity contribution >= 4 is 89.5 Å². The van der Waals surface area contributed by atoms with Gasteiger partial charge >= 0.3 is 0 Å². The third kappa shape index (κ3) is 7.31. The van der Waals surface area contributed by atoms with Crippen LogP contribution in [0.3, 0.4) is 0 Å². The molecule has 0 atom stereocenters. The number of benzene rings is 12. The zero-order chi connectivity index (χ0) is 50.7. The molecule has 358 valence electrons. The van der Waals surface area contributed by atoms with E-state index in [2.05, 4.69) is 288 Å². The maximum atomic E-state index is 2.64. The number of nitrogens with zero attached hydrogens (tertiary/aromatic N) is 2. The predicted molar refractivity (Wildman–Crippen MR) is 323 cm³/mol. The quantitative estimate of drug-likeness (QED) is 0.121. The summed E-state index contributed by atoms with van der Waals surface area (Å²) in [4.78, 5) is 5.20. The van der Waals surface area contributed by atoms with Crippen molar-refractivity contribution in [2.75, 3.05) is 9.80 Å². The smallest absolute Gasteiger partial charge is 0.252 e. The molecule has 2 aliphatic heterocycles. The summed E-state index contributed by atoms with van der Waals surface area (Å²) in [5, 5.41) is 7.73. The molecule has 0 unspecified atom stereocenters. The fourth-order valence-electron chi connectivity index (χ4n) is 12.5. The molecule has 0 amide bonds. The molecule has 3 heteroatoms. The molecular formula is C72H57BN2. The van der Waals surface area contributed by atoms with Gasteiger partial charge in [0.05, 0.1) is 5.69 Å². The highest BCUT2D eigenvalue weighted by molar-refractivity contribution is 7.00. The molecule has 0 aliphatic carbocycles. The molecule has 14 rings (SSSR count). The average Bonchev–Trinajstić information content (AvgIpc) is 3.47. The van der Waals surface area contributed by atoms with Gasteiger partial charge in [-0.25, -0.2) is 0 Å². The van der Waals surface area contributed by atoms with Crippen LogP contribution >= 0.6 is 0 Å². The largest absolute Gasteiger partial charge is 0.311 e. The van der Waals surface area contributed by atoms with Crippen LogP contribution in [0.1, 0.15) is 52.7 Å². The molecule has 0 N–H and O–H groups in total.